The second-order valence-electron chi connectivity index (χ2n) is 18.7. The van der Waals surface area contributed by atoms with Crippen LogP contribution in [0.3, 0.4) is 0 Å². The van der Waals surface area contributed by atoms with Gasteiger partial charge in [-0.2, -0.15) is 0 Å². The second kappa shape index (κ2) is 57.7. The summed E-state index contributed by atoms with van der Waals surface area (Å²) < 4.78 is 48.2. The minimum Gasteiger partial charge on any atom is -2.00 e. The quantitative estimate of drug-likeness (QED) is 0.132. The predicted molar refractivity (Wildman–Crippen MR) is 334 cm³/mol. The van der Waals surface area contributed by atoms with Crippen LogP contribution in [0.2, 0.25) is 0 Å². The number of benzene rings is 9. The third kappa shape index (κ3) is 45.3. The van der Waals surface area contributed by atoms with E-state index in [0.29, 0.717) is 42.4 Å². The number of rotatable bonds is 8. The molecule has 0 unspecified atom stereocenters. The van der Waals surface area contributed by atoms with Gasteiger partial charge in [0.15, 0.2) is 0 Å². The van der Waals surface area contributed by atoms with Gasteiger partial charge < -0.3 is 80.2 Å². The monoisotopic (exact) mass is 1450 g/mol. The van der Waals surface area contributed by atoms with Crippen LogP contribution < -0.4 is 82.4 Å². The topological polar surface area (TPSA) is 367 Å². The molecule has 0 N–H and O–H groups in total. The van der Waals surface area contributed by atoms with E-state index in [0.717, 1.165) is 0 Å². The maximum absolute atomic E-state index is 12.1. The summed E-state index contributed by atoms with van der Waals surface area (Å²) in [6.07, 6.45) is -1.67. The van der Waals surface area contributed by atoms with Gasteiger partial charge in [0.2, 0.25) is 0 Å². The SMILES string of the molecule is CC(C)[O-].CC(C)[O-].CC(C)[O-].CC(C)[O-].Cc1ccccc1.O=P([O-])(c1ccccc1)c1ccccc1.O=P([O-])(c1ccccc1)c1ccccc1.O=P([O-])(c1ccccc1)c1ccccc1.O=P([O-])(c1ccccc1)c1ccccc1.[O-2].[O-2].[O-2].[O-2].[Ti+4].[Ti+4].[Ti+4].[Ti+4]. The van der Waals surface area contributed by atoms with Crippen molar-refractivity contribution in [2.24, 2.45) is 0 Å². The Morgan fingerprint density at radius 3 is 0.363 bits per heavy atom. The van der Waals surface area contributed by atoms with Crippen molar-refractivity contribution in [2.75, 3.05) is 0 Å². The second-order valence-corrected chi connectivity index (χ2v) is 27.3. The molecule has 9 aromatic carbocycles. The molecule has 0 aliphatic carbocycles. The molecule has 9 aromatic rings. The van der Waals surface area contributed by atoms with Gasteiger partial charge in [-0.1, -0.05) is 334 Å². The third-order valence-corrected chi connectivity index (χ3v) is 17.5. The molecule has 0 heterocycles. The van der Waals surface area contributed by atoms with Gasteiger partial charge in [-0.3, -0.25) is 0 Å². The van der Waals surface area contributed by atoms with Crippen molar-refractivity contribution in [1.29, 1.82) is 0 Å². The summed E-state index contributed by atoms with van der Waals surface area (Å²) in [7, 11) is -14.6. The fraction of sp³-hybridized carbons (Fsp3) is 0.194. The number of aryl methyl sites for hydroxylation is 1. The van der Waals surface area contributed by atoms with Crippen LogP contribution >= 0.6 is 29.5 Å². The molecule has 476 valence electrons. The Bertz CT molecular complexity index is 2660. The Balaban J connectivity index is -0.000000147. The summed E-state index contributed by atoms with van der Waals surface area (Å²) in [6.45, 7) is 15.0. The summed E-state index contributed by atoms with van der Waals surface area (Å²) in [6, 6.07) is 78.1. The summed E-state index contributed by atoms with van der Waals surface area (Å²) in [5, 5.41) is 41.0. The first-order chi connectivity index (χ1) is 39.2. The van der Waals surface area contributed by atoms with E-state index in [1.807, 2.05) is 18.2 Å². The van der Waals surface area contributed by atoms with Crippen molar-refractivity contribution in [2.45, 2.75) is 86.7 Å². The van der Waals surface area contributed by atoms with E-state index < -0.39 is 53.9 Å². The van der Waals surface area contributed by atoms with E-state index in [2.05, 4.69) is 19.1 Å². The van der Waals surface area contributed by atoms with Gasteiger partial charge in [-0.15, -0.1) is 24.4 Å². The molecule has 0 amide bonds. The molecule has 0 atom stereocenters. The van der Waals surface area contributed by atoms with Gasteiger partial charge in [0.1, 0.15) is 0 Å². The molecule has 91 heavy (non-hydrogen) atoms. The molecule has 0 saturated heterocycles. The van der Waals surface area contributed by atoms with E-state index in [-0.39, 0.29) is 109 Å². The van der Waals surface area contributed by atoms with Crippen LogP contribution in [0.5, 0.6) is 0 Å². The number of hydrogen-bond acceptors (Lipinski definition) is 12. The minimum absolute atomic E-state index is 0. The molecule has 9 rings (SSSR count). The fourth-order valence-electron chi connectivity index (χ4n) is 6.12. The fourth-order valence-corrected chi connectivity index (χ4v) is 11.8. The largest absolute Gasteiger partial charge is 4.00 e. The molecule has 0 spiro atoms. The minimum atomic E-state index is -3.65. The van der Waals surface area contributed by atoms with Crippen LogP contribution in [-0.2, 0) is 127 Å². The van der Waals surface area contributed by atoms with Crippen molar-refractivity contribution in [1.82, 2.24) is 0 Å². The Morgan fingerprint density at radius 2 is 0.297 bits per heavy atom. The summed E-state index contributed by atoms with van der Waals surface area (Å²) in [5.74, 6) is 0. The molecule has 0 aliphatic heterocycles. The van der Waals surface area contributed by atoms with E-state index >= 15 is 0 Å². The van der Waals surface area contributed by atoms with E-state index in [1.165, 1.54) is 5.56 Å². The first-order valence-electron chi connectivity index (χ1n) is 26.5. The maximum Gasteiger partial charge on any atom is 4.00 e. The van der Waals surface area contributed by atoms with Crippen molar-refractivity contribution in [3.05, 3.63) is 279 Å². The Labute approximate surface area is 598 Å². The molecule has 0 aliphatic rings. The van der Waals surface area contributed by atoms with Crippen LogP contribution in [0.25, 0.3) is 0 Å². The first kappa shape index (κ1) is 103. The average Bonchev–Trinajstić information content (AvgIpc) is 3.59. The van der Waals surface area contributed by atoms with E-state index in [1.54, 1.807) is 298 Å². The van der Waals surface area contributed by atoms with Crippen LogP contribution in [0.4, 0.5) is 0 Å². The molecule has 16 nitrogen and oxygen atoms in total. The average molecular weight is 1450 g/mol. The van der Waals surface area contributed by atoms with Crippen molar-refractivity contribution in [3.8, 4) is 0 Å². The van der Waals surface area contributed by atoms with Gasteiger partial charge in [-0.25, -0.2) is 0 Å². The number of hydrogen-bond donors (Lipinski definition) is 0. The van der Waals surface area contributed by atoms with Gasteiger partial charge in [0.05, 0.1) is 29.5 Å². The zero-order chi connectivity index (χ0) is 62.3. The Hall–Kier alpha value is -3.72. The summed E-state index contributed by atoms with van der Waals surface area (Å²) in [5.41, 5.74) is 1.32. The van der Waals surface area contributed by atoms with Gasteiger partial charge >= 0.3 is 86.9 Å². The molecule has 0 aromatic heterocycles. The maximum atomic E-state index is 12.1. The first-order valence-corrected chi connectivity index (χ1v) is 33.0. The van der Waals surface area contributed by atoms with Gasteiger partial charge in [0, 0.05) is 42.4 Å². The normalized spacial score (nSPS) is 9.68. The van der Waals surface area contributed by atoms with Crippen LogP contribution in [0.15, 0.2) is 273 Å². The zero-order valence-electron chi connectivity index (χ0n) is 52.1. The molecule has 0 radical (unpaired) electrons. The Morgan fingerprint density at radius 1 is 0.220 bits per heavy atom. The third-order valence-electron chi connectivity index (χ3n) is 9.71. The summed E-state index contributed by atoms with van der Waals surface area (Å²) in [4.78, 5) is 48.2. The molecule has 0 fully saturated rings. The zero-order valence-corrected chi connectivity index (χ0v) is 61.9. The molecule has 0 saturated carbocycles. The molecule has 0 bridgehead atoms. The summed E-state index contributed by atoms with van der Waals surface area (Å²) >= 11 is 0. The van der Waals surface area contributed by atoms with E-state index in [4.69, 9.17) is 0 Å². The van der Waals surface area contributed by atoms with E-state index in [9.17, 15) is 58.3 Å². The van der Waals surface area contributed by atoms with Crippen molar-refractivity contribution >= 4 is 71.9 Å². The molecular formula is C67H76O16P4Ti4. The van der Waals surface area contributed by atoms with Crippen LogP contribution in [0, 0.1) is 6.92 Å². The van der Waals surface area contributed by atoms with Crippen molar-refractivity contribution < 1.29 is 167 Å². The van der Waals surface area contributed by atoms with Crippen LogP contribution in [0.1, 0.15) is 61.0 Å². The standard InChI is InChI=1S/4C12H11O2P.C7H8.4C3H7O.4O.4Ti/c4*13-15(14,11-7-3-1-4-8-11)12-9-5-2-6-10-12;1-7-5-3-2-4-6-7;4*1-3(2)4;;;;;;;;/h4*1-10H,(H,13,14);2-6H,1H3;4*3H,1-2H3;;;;;;;;/q;;;;;4*-1;4*-2;4*+4/p-4. The smallest absolute Gasteiger partial charge is 2.00 e. The molecular weight excluding hydrogens is 1380 g/mol. The van der Waals surface area contributed by atoms with Gasteiger partial charge in [0.25, 0.3) is 0 Å². The predicted octanol–water partition coefficient (Wildman–Crippen LogP) is 5.63. The van der Waals surface area contributed by atoms with Gasteiger partial charge in [-0.05, 0) is 6.92 Å². The van der Waals surface area contributed by atoms with Crippen LogP contribution in [-0.4, -0.2) is 24.4 Å². The Kier molecular flexibility index (Phi) is 65.5. The molecule has 24 heteroatoms. The van der Waals surface area contributed by atoms with Crippen molar-refractivity contribution in [3.63, 3.8) is 0 Å².